The third-order valence-corrected chi connectivity index (χ3v) is 3.62. The van der Waals surface area contributed by atoms with E-state index < -0.39 is 0 Å². The maximum absolute atomic E-state index is 9.73. The number of benzene rings is 2. The Kier molecular flexibility index (Phi) is 6.29. The molecule has 2 aromatic carbocycles. The molecule has 1 N–H and O–H groups in total. The van der Waals surface area contributed by atoms with Crippen molar-refractivity contribution in [1.29, 1.82) is 0 Å². The molecule has 21 heavy (non-hydrogen) atoms. The molecule has 0 saturated carbocycles. The maximum atomic E-state index is 9.73. The largest absolute Gasteiger partial charge is 0.494 e. The monoisotopic (exact) mass is 284 g/mol. The van der Waals surface area contributed by atoms with Crippen molar-refractivity contribution in [2.45, 2.75) is 38.7 Å². The highest BCUT2D eigenvalue weighted by Gasteiger charge is 2.04. The second kappa shape index (κ2) is 8.48. The molecule has 0 heterocycles. The van der Waals surface area contributed by atoms with Crippen molar-refractivity contribution in [2.75, 3.05) is 6.61 Å². The summed E-state index contributed by atoms with van der Waals surface area (Å²) < 4.78 is 5.73. The van der Waals surface area contributed by atoms with E-state index in [2.05, 4.69) is 24.3 Å². The van der Waals surface area contributed by atoms with E-state index in [-0.39, 0.29) is 6.10 Å². The van der Waals surface area contributed by atoms with Crippen LogP contribution in [0, 0.1) is 0 Å². The van der Waals surface area contributed by atoms with Gasteiger partial charge in [0.05, 0.1) is 12.7 Å². The van der Waals surface area contributed by atoms with Crippen molar-refractivity contribution in [3.8, 4) is 5.75 Å². The molecule has 112 valence electrons. The molecule has 0 unspecified atom stereocenters. The molecule has 0 aliphatic heterocycles. The minimum Gasteiger partial charge on any atom is -0.494 e. The summed E-state index contributed by atoms with van der Waals surface area (Å²) in [5, 5.41) is 9.73. The summed E-state index contributed by atoms with van der Waals surface area (Å²) in [6.45, 7) is 2.71. The molecule has 2 nitrogen and oxygen atoms in total. The quantitative estimate of drug-likeness (QED) is 0.722. The first-order valence-electron chi connectivity index (χ1n) is 7.74. The third-order valence-electron chi connectivity index (χ3n) is 3.62. The predicted molar refractivity (Wildman–Crippen MR) is 86.6 cm³/mol. The normalized spacial score (nSPS) is 12.1. The summed E-state index contributed by atoms with van der Waals surface area (Å²) in [6, 6.07) is 18.3. The molecule has 0 amide bonds. The van der Waals surface area contributed by atoms with Crippen LogP contribution >= 0.6 is 0 Å². The molecule has 0 fully saturated rings. The van der Waals surface area contributed by atoms with Crippen molar-refractivity contribution in [2.24, 2.45) is 0 Å². The van der Waals surface area contributed by atoms with Gasteiger partial charge in [-0.25, -0.2) is 0 Å². The molecular weight excluding hydrogens is 260 g/mol. The first-order valence-corrected chi connectivity index (χ1v) is 7.74. The van der Waals surface area contributed by atoms with Gasteiger partial charge in [-0.3, -0.25) is 0 Å². The fourth-order valence-electron chi connectivity index (χ4n) is 2.29. The van der Waals surface area contributed by atoms with Crippen LogP contribution in [-0.2, 0) is 6.42 Å². The van der Waals surface area contributed by atoms with Crippen LogP contribution in [0.5, 0.6) is 5.75 Å². The average molecular weight is 284 g/mol. The Morgan fingerprint density at radius 3 is 2.33 bits per heavy atom. The zero-order valence-electron chi connectivity index (χ0n) is 12.7. The van der Waals surface area contributed by atoms with E-state index >= 15 is 0 Å². The van der Waals surface area contributed by atoms with E-state index in [1.54, 1.807) is 0 Å². The number of ether oxygens (including phenoxy) is 1. The number of aliphatic hydroxyl groups excluding tert-OH is 1. The molecule has 0 aliphatic rings. The fourth-order valence-corrected chi connectivity index (χ4v) is 2.29. The maximum Gasteiger partial charge on any atom is 0.119 e. The highest BCUT2D eigenvalue weighted by Crippen LogP contribution is 2.20. The van der Waals surface area contributed by atoms with Gasteiger partial charge < -0.3 is 9.84 Å². The summed E-state index contributed by atoms with van der Waals surface area (Å²) in [4.78, 5) is 0. The van der Waals surface area contributed by atoms with Crippen LogP contribution in [0.2, 0.25) is 0 Å². The lowest BCUT2D eigenvalue weighted by Gasteiger charge is -2.10. The number of hydrogen-bond acceptors (Lipinski definition) is 2. The van der Waals surface area contributed by atoms with Crippen LogP contribution < -0.4 is 4.74 Å². The van der Waals surface area contributed by atoms with Gasteiger partial charge in [0.2, 0.25) is 0 Å². The van der Waals surface area contributed by atoms with E-state index in [1.807, 2.05) is 37.3 Å². The van der Waals surface area contributed by atoms with E-state index in [0.29, 0.717) is 0 Å². The first-order chi connectivity index (χ1) is 10.3. The van der Waals surface area contributed by atoms with Crippen LogP contribution in [0.3, 0.4) is 0 Å². The number of hydrogen-bond donors (Lipinski definition) is 1. The third kappa shape index (κ3) is 5.24. The summed E-state index contributed by atoms with van der Waals surface area (Å²) >= 11 is 0. The van der Waals surface area contributed by atoms with E-state index in [1.165, 1.54) is 5.56 Å². The minimum atomic E-state index is -0.370. The smallest absolute Gasteiger partial charge is 0.119 e. The lowest BCUT2D eigenvalue weighted by molar-refractivity contribution is 0.173. The van der Waals surface area contributed by atoms with Gasteiger partial charge in [-0.2, -0.15) is 0 Å². The molecule has 0 aromatic heterocycles. The van der Waals surface area contributed by atoms with Gasteiger partial charge in [0.15, 0.2) is 0 Å². The van der Waals surface area contributed by atoms with E-state index in [0.717, 1.165) is 43.6 Å². The predicted octanol–water partition coefficient (Wildman–Crippen LogP) is 4.53. The highest BCUT2D eigenvalue weighted by atomic mass is 16.5. The number of aliphatic hydroxyl groups is 1. The molecule has 0 radical (unpaired) electrons. The lowest BCUT2D eigenvalue weighted by atomic mass is 10.1. The van der Waals surface area contributed by atoms with Gasteiger partial charge in [0, 0.05) is 0 Å². The first kappa shape index (κ1) is 15.6. The van der Waals surface area contributed by atoms with Gasteiger partial charge in [0.25, 0.3) is 0 Å². The molecule has 0 saturated heterocycles. The Morgan fingerprint density at radius 2 is 1.67 bits per heavy atom. The van der Waals surface area contributed by atoms with Gasteiger partial charge in [-0.05, 0) is 48.9 Å². The topological polar surface area (TPSA) is 29.5 Å². The molecule has 0 bridgehead atoms. The fraction of sp³-hybridized carbons (Fsp3) is 0.368. The van der Waals surface area contributed by atoms with Crippen molar-refractivity contribution in [3.05, 3.63) is 65.7 Å². The van der Waals surface area contributed by atoms with Crippen molar-refractivity contribution in [3.63, 3.8) is 0 Å². The van der Waals surface area contributed by atoms with Crippen molar-refractivity contribution < 1.29 is 9.84 Å². The summed E-state index contributed by atoms with van der Waals surface area (Å²) in [7, 11) is 0. The van der Waals surface area contributed by atoms with Gasteiger partial charge in [-0.1, -0.05) is 49.4 Å². The summed E-state index contributed by atoms with van der Waals surface area (Å²) in [6.07, 6.45) is 3.65. The minimum absolute atomic E-state index is 0.370. The molecule has 0 spiro atoms. The molecule has 0 aliphatic carbocycles. The van der Waals surface area contributed by atoms with Crippen molar-refractivity contribution >= 4 is 0 Å². The molecule has 1 atom stereocenters. The number of aryl methyl sites for hydroxylation is 1. The van der Waals surface area contributed by atoms with E-state index in [9.17, 15) is 5.11 Å². The number of unbranched alkanes of at least 4 members (excludes halogenated alkanes) is 1. The summed E-state index contributed by atoms with van der Waals surface area (Å²) in [5.41, 5.74) is 2.34. The Labute approximate surface area is 127 Å². The Balaban J connectivity index is 1.67. The number of rotatable bonds is 8. The highest BCUT2D eigenvalue weighted by molar-refractivity contribution is 5.28. The van der Waals surface area contributed by atoms with Gasteiger partial charge in [0.1, 0.15) is 5.75 Å². The standard InChI is InChI=1S/C19H24O2/c1-2-19(20)17-11-13-18(14-12-17)21-15-7-6-10-16-8-4-3-5-9-16/h3-5,8-9,11-14,19-20H,2,6-7,10,15H2,1H3/t19-/m1/s1. The Hall–Kier alpha value is -1.80. The molecular formula is C19H24O2. The van der Waals surface area contributed by atoms with Gasteiger partial charge in [-0.15, -0.1) is 0 Å². The lowest BCUT2D eigenvalue weighted by Crippen LogP contribution is -1.99. The van der Waals surface area contributed by atoms with Crippen LogP contribution in [0.25, 0.3) is 0 Å². The molecule has 2 heteroatoms. The zero-order valence-corrected chi connectivity index (χ0v) is 12.7. The van der Waals surface area contributed by atoms with Crippen LogP contribution in [0.1, 0.15) is 43.4 Å². The van der Waals surface area contributed by atoms with Crippen LogP contribution in [-0.4, -0.2) is 11.7 Å². The molecule has 2 rings (SSSR count). The Bertz CT molecular complexity index is 505. The van der Waals surface area contributed by atoms with E-state index in [4.69, 9.17) is 4.74 Å². The Morgan fingerprint density at radius 1 is 0.952 bits per heavy atom. The second-order valence-corrected chi connectivity index (χ2v) is 5.28. The molecule has 2 aromatic rings. The van der Waals surface area contributed by atoms with Crippen LogP contribution in [0.4, 0.5) is 0 Å². The average Bonchev–Trinajstić information content (AvgIpc) is 2.55. The van der Waals surface area contributed by atoms with Crippen molar-refractivity contribution in [1.82, 2.24) is 0 Å². The van der Waals surface area contributed by atoms with Crippen LogP contribution in [0.15, 0.2) is 54.6 Å². The summed E-state index contributed by atoms with van der Waals surface area (Å²) in [5.74, 6) is 0.877. The second-order valence-electron chi connectivity index (χ2n) is 5.28. The zero-order chi connectivity index (χ0) is 14.9. The van der Waals surface area contributed by atoms with Gasteiger partial charge >= 0.3 is 0 Å². The SMILES string of the molecule is CC[C@@H](O)c1ccc(OCCCCc2ccccc2)cc1.